The van der Waals surface area contributed by atoms with Gasteiger partial charge in [0.05, 0.1) is 0 Å². The molecule has 0 spiro atoms. The molecule has 0 fully saturated rings. The lowest BCUT2D eigenvalue weighted by Gasteiger charge is -2.27. The van der Waals surface area contributed by atoms with E-state index in [1.165, 1.54) is 11.1 Å². The molecule has 0 radical (unpaired) electrons. The molecular formula is C18H15Cl2NO. The fourth-order valence-corrected chi connectivity index (χ4v) is 3.14. The molecule has 3 rings (SSSR count). The molecule has 1 amide bonds. The van der Waals surface area contributed by atoms with Gasteiger partial charge in [-0.05, 0) is 35.8 Å². The van der Waals surface area contributed by atoms with Crippen LogP contribution in [0.4, 0.5) is 0 Å². The normalized spacial score (nSPS) is 14.2. The van der Waals surface area contributed by atoms with E-state index in [-0.39, 0.29) is 5.91 Å². The maximum absolute atomic E-state index is 12.4. The van der Waals surface area contributed by atoms with Crippen LogP contribution in [0.3, 0.4) is 0 Å². The fraction of sp³-hybridized carbons (Fsp3) is 0.167. The predicted molar refractivity (Wildman–Crippen MR) is 91.1 cm³/mol. The second-order valence-electron chi connectivity index (χ2n) is 5.25. The topological polar surface area (TPSA) is 20.3 Å². The van der Waals surface area contributed by atoms with Crippen LogP contribution in [0, 0.1) is 0 Å². The van der Waals surface area contributed by atoms with Gasteiger partial charge in [-0.1, -0.05) is 53.5 Å². The van der Waals surface area contributed by atoms with Gasteiger partial charge in [0.25, 0.3) is 0 Å². The van der Waals surface area contributed by atoms with Crippen molar-refractivity contribution in [1.82, 2.24) is 4.90 Å². The van der Waals surface area contributed by atoms with Gasteiger partial charge in [0.15, 0.2) is 0 Å². The summed E-state index contributed by atoms with van der Waals surface area (Å²) in [6.45, 7) is 1.38. The highest BCUT2D eigenvalue weighted by Crippen LogP contribution is 2.26. The molecule has 112 valence electrons. The van der Waals surface area contributed by atoms with E-state index in [0.717, 1.165) is 13.0 Å². The SMILES string of the molecule is O=C(/C=C/c1c(Cl)cccc1Cl)N1CCc2ccccc2C1. The minimum atomic E-state index is -0.0227. The second kappa shape index (κ2) is 6.55. The quantitative estimate of drug-likeness (QED) is 0.737. The summed E-state index contributed by atoms with van der Waals surface area (Å²) < 4.78 is 0. The van der Waals surface area contributed by atoms with Crippen LogP contribution < -0.4 is 0 Å². The van der Waals surface area contributed by atoms with E-state index in [1.54, 1.807) is 30.4 Å². The van der Waals surface area contributed by atoms with Crippen molar-refractivity contribution in [2.45, 2.75) is 13.0 Å². The molecule has 22 heavy (non-hydrogen) atoms. The lowest BCUT2D eigenvalue weighted by Crippen LogP contribution is -2.34. The average molecular weight is 332 g/mol. The molecule has 1 aliphatic heterocycles. The minimum Gasteiger partial charge on any atom is -0.334 e. The van der Waals surface area contributed by atoms with Crippen LogP contribution in [0.15, 0.2) is 48.5 Å². The smallest absolute Gasteiger partial charge is 0.246 e. The molecule has 0 saturated heterocycles. The molecule has 1 aliphatic rings. The van der Waals surface area contributed by atoms with Crippen LogP contribution in [-0.4, -0.2) is 17.4 Å². The van der Waals surface area contributed by atoms with Crippen LogP contribution in [0.2, 0.25) is 10.0 Å². The third-order valence-electron chi connectivity index (χ3n) is 3.83. The summed E-state index contributed by atoms with van der Waals surface area (Å²) >= 11 is 12.2. The van der Waals surface area contributed by atoms with Gasteiger partial charge in [-0.15, -0.1) is 0 Å². The molecule has 0 unspecified atom stereocenters. The standard InChI is InChI=1S/C18H15Cl2NO/c19-16-6-3-7-17(20)15(16)8-9-18(22)21-11-10-13-4-1-2-5-14(13)12-21/h1-9H,10-12H2/b9-8+. The first-order valence-corrected chi connectivity index (χ1v) is 7.88. The van der Waals surface area contributed by atoms with E-state index in [2.05, 4.69) is 12.1 Å². The number of benzene rings is 2. The number of rotatable bonds is 2. The number of hydrogen-bond acceptors (Lipinski definition) is 1. The van der Waals surface area contributed by atoms with Gasteiger partial charge in [0.2, 0.25) is 5.91 Å². The van der Waals surface area contributed by atoms with Crippen molar-refractivity contribution in [2.24, 2.45) is 0 Å². The summed E-state index contributed by atoms with van der Waals surface area (Å²) in [6, 6.07) is 13.5. The van der Waals surface area contributed by atoms with Crippen LogP contribution >= 0.6 is 23.2 Å². The van der Waals surface area contributed by atoms with E-state index >= 15 is 0 Å². The maximum Gasteiger partial charge on any atom is 0.246 e. The van der Waals surface area contributed by atoms with E-state index in [9.17, 15) is 4.79 Å². The van der Waals surface area contributed by atoms with Gasteiger partial charge in [0, 0.05) is 34.8 Å². The number of fused-ring (bicyclic) bond motifs is 1. The molecule has 0 aromatic heterocycles. The highest BCUT2D eigenvalue weighted by Gasteiger charge is 2.18. The number of nitrogens with zero attached hydrogens (tertiary/aromatic N) is 1. The summed E-state index contributed by atoms with van der Waals surface area (Å²) in [5, 5.41) is 1.08. The molecule has 1 heterocycles. The van der Waals surface area contributed by atoms with Crippen LogP contribution in [0.5, 0.6) is 0 Å². The Labute approximate surface area is 140 Å². The van der Waals surface area contributed by atoms with Gasteiger partial charge in [-0.25, -0.2) is 0 Å². The van der Waals surface area contributed by atoms with E-state index < -0.39 is 0 Å². The van der Waals surface area contributed by atoms with Crippen molar-refractivity contribution in [3.05, 3.63) is 75.3 Å². The Kier molecular flexibility index (Phi) is 4.51. The molecule has 0 aliphatic carbocycles. The van der Waals surface area contributed by atoms with E-state index in [0.29, 0.717) is 22.2 Å². The first-order chi connectivity index (χ1) is 10.6. The molecule has 0 atom stereocenters. The Morgan fingerprint density at radius 1 is 1.00 bits per heavy atom. The van der Waals surface area contributed by atoms with Gasteiger partial charge in [0.1, 0.15) is 0 Å². The molecule has 4 heteroatoms. The van der Waals surface area contributed by atoms with Crippen molar-refractivity contribution < 1.29 is 4.79 Å². The zero-order chi connectivity index (χ0) is 15.5. The fourth-order valence-electron chi connectivity index (χ4n) is 2.61. The average Bonchev–Trinajstić information content (AvgIpc) is 2.53. The second-order valence-corrected chi connectivity index (χ2v) is 6.06. The Hall–Kier alpha value is -1.77. The molecule has 0 saturated carbocycles. The van der Waals surface area contributed by atoms with E-state index in [4.69, 9.17) is 23.2 Å². The van der Waals surface area contributed by atoms with E-state index in [1.807, 2.05) is 17.0 Å². The Morgan fingerprint density at radius 3 is 2.41 bits per heavy atom. The summed E-state index contributed by atoms with van der Waals surface area (Å²) in [7, 11) is 0. The molecule has 2 aromatic carbocycles. The first kappa shape index (κ1) is 15.1. The predicted octanol–water partition coefficient (Wildman–Crippen LogP) is 4.59. The number of carbonyl (C=O) groups is 1. The summed E-state index contributed by atoms with van der Waals surface area (Å²) in [6.07, 6.45) is 4.12. The van der Waals surface area contributed by atoms with Crippen LogP contribution in [-0.2, 0) is 17.8 Å². The highest BCUT2D eigenvalue weighted by atomic mass is 35.5. The van der Waals surface area contributed by atoms with Gasteiger partial charge in [-0.2, -0.15) is 0 Å². The van der Waals surface area contributed by atoms with Crippen molar-refractivity contribution in [1.29, 1.82) is 0 Å². The summed E-state index contributed by atoms with van der Waals surface area (Å²) in [5.74, 6) is -0.0227. The number of halogens is 2. The lowest BCUT2D eigenvalue weighted by molar-refractivity contribution is -0.126. The minimum absolute atomic E-state index is 0.0227. The lowest BCUT2D eigenvalue weighted by atomic mass is 10.00. The zero-order valence-corrected chi connectivity index (χ0v) is 13.4. The van der Waals surface area contributed by atoms with Gasteiger partial charge < -0.3 is 4.90 Å². The van der Waals surface area contributed by atoms with Crippen molar-refractivity contribution in [3.8, 4) is 0 Å². The molecule has 2 nitrogen and oxygen atoms in total. The van der Waals surface area contributed by atoms with Gasteiger partial charge in [-0.3, -0.25) is 4.79 Å². The molecule has 0 bridgehead atoms. The third kappa shape index (κ3) is 3.18. The molecule has 0 N–H and O–H groups in total. The van der Waals surface area contributed by atoms with Crippen LogP contribution in [0.25, 0.3) is 6.08 Å². The molecule has 2 aromatic rings. The first-order valence-electron chi connectivity index (χ1n) is 7.13. The van der Waals surface area contributed by atoms with Gasteiger partial charge >= 0.3 is 0 Å². The Balaban J connectivity index is 1.75. The number of hydrogen-bond donors (Lipinski definition) is 0. The molecular weight excluding hydrogens is 317 g/mol. The third-order valence-corrected chi connectivity index (χ3v) is 4.49. The monoisotopic (exact) mass is 331 g/mol. The van der Waals surface area contributed by atoms with Crippen molar-refractivity contribution >= 4 is 35.2 Å². The Morgan fingerprint density at radius 2 is 1.68 bits per heavy atom. The summed E-state index contributed by atoms with van der Waals surface area (Å²) in [5.41, 5.74) is 3.22. The Bertz CT molecular complexity index is 719. The number of amides is 1. The van der Waals surface area contributed by atoms with Crippen molar-refractivity contribution in [2.75, 3.05) is 6.54 Å². The maximum atomic E-state index is 12.4. The highest BCUT2D eigenvalue weighted by molar-refractivity contribution is 6.37. The zero-order valence-electron chi connectivity index (χ0n) is 11.9. The van der Waals surface area contributed by atoms with Crippen LogP contribution in [0.1, 0.15) is 16.7 Å². The number of carbonyl (C=O) groups excluding carboxylic acids is 1. The van der Waals surface area contributed by atoms with Crippen molar-refractivity contribution in [3.63, 3.8) is 0 Å². The largest absolute Gasteiger partial charge is 0.334 e. The summed E-state index contributed by atoms with van der Waals surface area (Å²) in [4.78, 5) is 14.2.